The van der Waals surface area contributed by atoms with Crippen molar-refractivity contribution in [3.05, 3.63) is 80.5 Å². The highest BCUT2D eigenvalue weighted by molar-refractivity contribution is 9.11. The number of benzene rings is 2. The van der Waals surface area contributed by atoms with Gasteiger partial charge in [-0.1, -0.05) is 0 Å². The first-order chi connectivity index (χ1) is 13.4. The fourth-order valence-corrected chi connectivity index (χ4v) is 3.60. The number of carboxylic acid groups (broad SMARTS) is 1. The number of hydrogen-bond donors (Lipinski definition) is 3. The van der Waals surface area contributed by atoms with Crippen LogP contribution in [0.5, 0.6) is 5.75 Å². The van der Waals surface area contributed by atoms with E-state index in [9.17, 15) is 14.7 Å². The smallest absolute Gasteiger partial charge is 0.335 e. The molecule has 1 aromatic heterocycles. The van der Waals surface area contributed by atoms with Crippen molar-refractivity contribution in [2.75, 3.05) is 0 Å². The summed E-state index contributed by atoms with van der Waals surface area (Å²) in [7, 11) is 0. The number of aromatic hydroxyl groups is 1. The van der Waals surface area contributed by atoms with E-state index >= 15 is 0 Å². The SMILES string of the molecule is O=C(O)c1ccc(-n2cccc2/C=N\NC(=O)c2cc(Br)c(O)c(Br)c2)cc1. The largest absolute Gasteiger partial charge is 0.506 e. The molecule has 0 bridgehead atoms. The number of amides is 1. The molecule has 2 aromatic carbocycles. The van der Waals surface area contributed by atoms with Crippen LogP contribution in [0.4, 0.5) is 0 Å². The van der Waals surface area contributed by atoms with Gasteiger partial charge in [0.25, 0.3) is 5.91 Å². The molecule has 28 heavy (non-hydrogen) atoms. The lowest BCUT2D eigenvalue weighted by atomic mass is 10.2. The van der Waals surface area contributed by atoms with Crippen LogP contribution >= 0.6 is 31.9 Å². The highest BCUT2D eigenvalue weighted by Crippen LogP contribution is 2.33. The number of nitrogens with zero attached hydrogens (tertiary/aromatic N) is 2. The molecule has 0 unspecified atom stereocenters. The normalized spacial score (nSPS) is 10.9. The molecular formula is C19H13Br2N3O4. The van der Waals surface area contributed by atoms with Gasteiger partial charge < -0.3 is 14.8 Å². The Labute approximate surface area is 176 Å². The molecule has 0 saturated carbocycles. The lowest BCUT2D eigenvalue weighted by Crippen LogP contribution is -2.18. The summed E-state index contributed by atoms with van der Waals surface area (Å²) in [5, 5.41) is 22.7. The Morgan fingerprint density at radius 3 is 2.29 bits per heavy atom. The van der Waals surface area contributed by atoms with Crippen molar-refractivity contribution in [3.63, 3.8) is 0 Å². The number of rotatable bonds is 5. The molecule has 0 atom stereocenters. The fraction of sp³-hybridized carbons (Fsp3) is 0. The van der Waals surface area contributed by atoms with Gasteiger partial charge >= 0.3 is 5.97 Å². The molecule has 7 nitrogen and oxygen atoms in total. The van der Waals surface area contributed by atoms with Crippen LogP contribution in [0.1, 0.15) is 26.4 Å². The predicted molar refractivity (Wildman–Crippen MR) is 111 cm³/mol. The first-order valence-electron chi connectivity index (χ1n) is 7.89. The third kappa shape index (κ3) is 4.32. The van der Waals surface area contributed by atoms with Crippen molar-refractivity contribution in [2.24, 2.45) is 5.10 Å². The molecule has 0 aliphatic rings. The van der Waals surface area contributed by atoms with E-state index in [0.717, 1.165) is 5.69 Å². The Hall–Kier alpha value is -2.91. The third-order valence-electron chi connectivity index (χ3n) is 3.81. The second kappa shape index (κ2) is 8.41. The molecule has 3 aromatic rings. The van der Waals surface area contributed by atoms with Gasteiger partial charge in [-0.3, -0.25) is 4.79 Å². The number of phenolic OH excluding ortho intramolecular Hbond substituents is 1. The zero-order valence-electron chi connectivity index (χ0n) is 14.1. The second-order valence-corrected chi connectivity index (χ2v) is 7.35. The lowest BCUT2D eigenvalue weighted by molar-refractivity contribution is 0.0696. The maximum atomic E-state index is 12.2. The van der Waals surface area contributed by atoms with Crippen LogP contribution in [0.25, 0.3) is 5.69 Å². The van der Waals surface area contributed by atoms with Gasteiger partial charge in [0, 0.05) is 17.4 Å². The van der Waals surface area contributed by atoms with E-state index in [2.05, 4.69) is 42.4 Å². The van der Waals surface area contributed by atoms with E-state index in [-0.39, 0.29) is 11.3 Å². The molecule has 9 heteroatoms. The first-order valence-corrected chi connectivity index (χ1v) is 9.48. The Morgan fingerprint density at radius 1 is 1.04 bits per heavy atom. The molecule has 142 valence electrons. The minimum Gasteiger partial charge on any atom is -0.506 e. The average molecular weight is 507 g/mol. The highest BCUT2D eigenvalue weighted by atomic mass is 79.9. The molecule has 0 aliphatic heterocycles. The van der Waals surface area contributed by atoms with E-state index < -0.39 is 11.9 Å². The van der Waals surface area contributed by atoms with Crippen LogP contribution in [0.15, 0.2) is 68.8 Å². The van der Waals surface area contributed by atoms with Crippen LogP contribution in [0, 0.1) is 0 Å². The number of hydrogen-bond acceptors (Lipinski definition) is 4. The Bertz CT molecular complexity index is 1050. The minimum atomic E-state index is -0.990. The maximum Gasteiger partial charge on any atom is 0.335 e. The fourth-order valence-electron chi connectivity index (χ4n) is 2.42. The molecule has 0 fully saturated rings. The third-order valence-corrected chi connectivity index (χ3v) is 5.02. The standard InChI is InChI=1S/C19H13Br2N3O4/c20-15-8-12(9-16(21)17(15)25)18(26)23-22-10-14-2-1-7-24(14)13-5-3-11(4-6-13)19(27)28/h1-10,25H,(H,23,26)(H,27,28)/b22-10-. The Kier molecular flexibility index (Phi) is 5.96. The summed E-state index contributed by atoms with van der Waals surface area (Å²) in [6.07, 6.45) is 3.28. The average Bonchev–Trinajstić information content (AvgIpc) is 3.14. The summed E-state index contributed by atoms with van der Waals surface area (Å²) >= 11 is 6.35. The van der Waals surface area contributed by atoms with Crippen molar-refractivity contribution < 1.29 is 19.8 Å². The molecule has 0 spiro atoms. The number of halogens is 2. The zero-order chi connectivity index (χ0) is 20.3. The van der Waals surface area contributed by atoms with E-state index in [1.54, 1.807) is 29.0 Å². The van der Waals surface area contributed by atoms with Gasteiger partial charge in [0.15, 0.2) is 0 Å². The van der Waals surface area contributed by atoms with Gasteiger partial charge in [-0.2, -0.15) is 5.10 Å². The number of carbonyl (C=O) groups is 2. The Morgan fingerprint density at radius 2 is 1.68 bits per heavy atom. The summed E-state index contributed by atoms with van der Waals surface area (Å²) in [5.74, 6) is -1.43. The topological polar surface area (TPSA) is 104 Å². The molecule has 0 saturated heterocycles. The van der Waals surface area contributed by atoms with E-state index in [1.165, 1.54) is 30.5 Å². The maximum absolute atomic E-state index is 12.2. The van der Waals surface area contributed by atoms with Crippen LogP contribution in [0.2, 0.25) is 0 Å². The van der Waals surface area contributed by atoms with Crippen LogP contribution in [-0.2, 0) is 0 Å². The summed E-state index contributed by atoms with van der Waals surface area (Å²) in [5.41, 5.74) is 4.39. The quantitative estimate of drug-likeness (QED) is 0.357. The van der Waals surface area contributed by atoms with Crippen molar-refractivity contribution in [2.45, 2.75) is 0 Å². The number of nitrogens with one attached hydrogen (secondary N) is 1. The molecule has 0 aliphatic carbocycles. The van der Waals surface area contributed by atoms with E-state index in [1.807, 2.05) is 6.07 Å². The van der Waals surface area contributed by atoms with E-state index in [0.29, 0.717) is 20.2 Å². The first kappa shape index (κ1) is 19.8. The van der Waals surface area contributed by atoms with Gasteiger partial charge in [-0.05, 0) is 80.4 Å². The molecule has 1 heterocycles. The summed E-state index contributed by atoms with van der Waals surface area (Å²) < 4.78 is 2.57. The molecule has 3 rings (SSSR count). The van der Waals surface area contributed by atoms with Crippen LogP contribution in [-0.4, -0.2) is 32.9 Å². The summed E-state index contributed by atoms with van der Waals surface area (Å²) in [6.45, 7) is 0. The second-order valence-electron chi connectivity index (χ2n) is 5.64. The van der Waals surface area contributed by atoms with Crippen LogP contribution < -0.4 is 5.43 Å². The number of phenols is 1. The van der Waals surface area contributed by atoms with Gasteiger partial charge in [-0.15, -0.1) is 0 Å². The summed E-state index contributed by atoms with van der Waals surface area (Å²) in [6, 6.07) is 13.0. The molecular weight excluding hydrogens is 494 g/mol. The van der Waals surface area contributed by atoms with Gasteiger partial charge in [0.1, 0.15) is 5.75 Å². The van der Waals surface area contributed by atoms with Gasteiger partial charge in [0.2, 0.25) is 0 Å². The highest BCUT2D eigenvalue weighted by Gasteiger charge is 2.11. The number of carbonyl (C=O) groups excluding carboxylic acids is 1. The number of aromatic nitrogens is 1. The lowest BCUT2D eigenvalue weighted by Gasteiger charge is -2.07. The molecule has 0 radical (unpaired) electrons. The van der Waals surface area contributed by atoms with Gasteiger partial charge in [-0.25, -0.2) is 10.2 Å². The number of hydrazone groups is 1. The van der Waals surface area contributed by atoms with Crippen molar-refractivity contribution >= 4 is 50.0 Å². The van der Waals surface area contributed by atoms with Crippen LogP contribution in [0.3, 0.4) is 0 Å². The van der Waals surface area contributed by atoms with E-state index in [4.69, 9.17) is 5.11 Å². The monoisotopic (exact) mass is 505 g/mol. The molecule has 1 amide bonds. The summed E-state index contributed by atoms with van der Waals surface area (Å²) in [4.78, 5) is 23.2. The predicted octanol–water partition coefficient (Wildman–Crippen LogP) is 4.17. The Balaban J connectivity index is 1.75. The number of aromatic carboxylic acids is 1. The minimum absolute atomic E-state index is 0.00629. The van der Waals surface area contributed by atoms with Crippen molar-refractivity contribution in [1.82, 2.24) is 9.99 Å². The number of carboxylic acids is 1. The van der Waals surface area contributed by atoms with Gasteiger partial charge in [0.05, 0.1) is 26.4 Å². The van der Waals surface area contributed by atoms with Crippen molar-refractivity contribution in [1.29, 1.82) is 0 Å². The zero-order valence-corrected chi connectivity index (χ0v) is 17.3. The molecule has 3 N–H and O–H groups in total. The van der Waals surface area contributed by atoms with Crippen molar-refractivity contribution in [3.8, 4) is 11.4 Å².